The van der Waals surface area contributed by atoms with Crippen molar-refractivity contribution in [3.8, 4) is 0 Å². The van der Waals surface area contributed by atoms with Crippen LogP contribution in [0.25, 0.3) is 0 Å². The predicted molar refractivity (Wildman–Crippen MR) is 72.1 cm³/mol. The van der Waals surface area contributed by atoms with Crippen LogP contribution in [0.1, 0.15) is 38.3 Å². The molecule has 0 saturated carbocycles. The van der Waals surface area contributed by atoms with Gasteiger partial charge in [0.25, 0.3) is 0 Å². The Labute approximate surface area is 103 Å². The minimum Gasteiger partial charge on any atom is -0.354 e. The Morgan fingerprint density at radius 3 is 2.65 bits per heavy atom. The second-order valence-corrected chi connectivity index (χ2v) is 4.45. The van der Waals surface area contributed by atoms with E-state index in [0.29, 0.717) is 12.1 Å². The summed E-state index contributed by atoms with van der Waals surface area (Å²) < 4.78 is 0. The maximum atomic E-state index is 4.52. The average Bonchev–Trinajstić information content (AvgIpc) is 2.85. The Kier molecular flexibility index (Phi) is 4.02. The van der Waals surface area contributed by atoms with E-state index in [0.717, 1.165) is 25.3 Å². The van der Waals surface area contributed by atoms with Crippen LogP contribution in [0, 0.1) is 0 Å². The number of nitrogens with one attached hydrogen (secondary N) is 2. The van der Waals surface area contributed by atoms with Gasteiger partial charge in [-0.05, 0) is 18.4 Å². The van der Waals surface area contributed by atoms with Gasteiger partial charge in [0.1, 0.15) is 0 Å². The van der Waals surface area contributed by atoms with Crippen LogP contribution in [0.4, 0.5) is 0 Å². The molecule has 0 aliphatic carbocycles. The molecule has 1 aliphatic heterocycles. The van der Waals surface area contributed by atoms with Crippen LogP contribution < -0.4 is 10.6 Å². The first-order valence-electron chi connectivity index (χ1n) is 6.46. The maximum absolute atomic E-state index is 4.52. The predicted octanol–water partition coefficient (Wildman–Crippen LogP) is 2.47. The molecule has 0 radical (unpaired) electrons. The number of nitrogens with zero attached hydrogens (tertiary/aromatic N) is 1. The Morgan fingerprint density at radius 2 is 2.00 bits per heavy atom. The summed E-state index contributed by atoms with van der Waals surface area (Å²) in [6.45, 7) is 5.23. The molecule has 1 unspecified atom stereocenters. The first-order chi connectivity index (χ1) is 8.33. The lowest BCUT2D eigenvalue weighted by Crippen LogP contribution is -2.41. The van der Waals surface area contributed by atoms with Crippen molar-refractivity contribution in [1.29, 1.82) is 0 Å². The molecule has 1 heterocycles. The second kappa shape index (κ2) is 5.71. The van der Waals surface area contributed by atoms with Gasteiger partial charge in [0.2, 0.25) is 0 Å². The molecule has 1 aromatic rings. The average molecular weight is 231 g/mol. The molecule has 0 aromatic heterocycles. The third-order valence-electron chi connectivity index (χ3n) is 3.27. The molecule has 3 nitrogen and oxygen atoms in total. The van der Waals surface area contributed by atoms with Crippen LogP contribution in [-0.4, -0.2) is 18.5 Å². The number of rotatable bonds is 4. The third kappa shape index (κ3) is 2.99. The summed E-state index contributed by atoms with van der Waals surface area (Å²) >= 11 is 0. The Morgan fingerprint density at radius 1 is 1.29 bits per heavy atom. The van der Waals surface area contributed by atoms with Crippen LogP contribution in [0.15, 0.2) is 35.3 Å². The van der Waals surface area contributed by atoms with Crippen molar-refractivity contribution in [1.82, 2.24) is 10.6 Å². The zero-order valence-corrected chi connectivity index (χ0v) is 10.6. The Balaban J connectivity index is 1.90. The number of hydrogen-bond donors (Lipinski definition) is 2. The molecule has 1 aliphatic rings. The largest absolute Gasteiger partial charge is 0.354 e. The van der Waals surface area contributed by atoms with E-state index in [1.54, 1.807) is 0 Å². The molecule has 1 aromatic carbocycles. The summed E-state index contributed by atoms with van der Waals surface area (Å²) in [6.07, 6.45) is 2.26. The van der Waals surface area contributed by atoms with Crippen molar-refractivity contribution in [2.75, 3.05) is 6.54 Å². The van der Waals surface area contributed by atoms with Gasteiger partial charge in [-0.15, -0.1) is 0 Å². The van der Waals surface area contributed by atoms with Crippen molar-refractivity contribution in [3.05, 3.63) is 35.9 Å². The van der Waals surface area contributed by atoms with Crippen LogP contribution >= 0.6 is 0 Å². The molecule has 0 saturated heterocycles. The molecule has 17 heavy (non-hydrogen) atoms. The molecule has 2 rings (SSSR count). The van der Waals surface area contributed by atoms with E-state index >= 15 is 0 Å². The van der Waals surface area contributed by atoms with Gasteiger partial charge >= 0.3 is 0 Å². The minimum atomic E-state index is 0.327. The van der Waals surface area contributed by atoms with Crippen molar-refractivity contribution < 1.29 is 0 Å². The SMILES string of the molecule is CCC(CC)NC1=NCC(c2ccccc2)N1. The normalized spacial score (nSPS) is 19.0. The molecule has 0 bridgehead atoms. The van der Waals surface area contributed by atoms with E-state index in [9.17, 15) is 0 Å². The molecule has 2 N–H and O–H groups in total. The summed E-state index contributed by atoms with van der Waals surface area (Å²) in [7, 11) is 0. The molecular formula is C14H21N3. The summed E-state index contributed by atoms with van der Waals surface area (Å²) in [6, 6.07) is 11.3. The number of hydrogen-bond acceptors (Lipinski definition) is 3. The van der Waals surface area contributed by atoms with Crippen molar-refractivity contribution in [2.45, 2.75) is 38.8 Å². The molecule has 0 fully saturated rings. The monoisotopic (exact) mass is 231 g/mol. The van der Waals surface area contributed by atoms with Crippen LogP contribution in [-0.2, 0) is 0 Å². The fourth-order valence-electron chi connectivity index (χ4n) is 2.09. The van der Waals surface area contributed by atoms with Gasteiger partial charge in [0.05, 0.1) is 12.6 Å². The van der Waals surface area contributed by atoms with Gasteiger partial charge in [0, 0.05) is 6.04 Å². The van der Waals surface area contributed by atoms with Crippen molar-refractivity contribution in [2.24, 2.45) is 4.99 Å². The van der Waals surface area contributed by atoms with E-state index < -0.39 is 0 Å². The first kappa shape index (κ1) is 12.0. The highest BCUT2D eigenvalue weighted by Gasteiger charge is 2.19. The zero-order chi connectivity index (χ0) is 12.1. The van der Waals surface area contributed by atoms with Crippen molar-refractivity contribution >= 4 is 5.96 Å². The second-order valence-electron chi connectivity index (χ2n) is 4.45. The van der Waals surface area contributed by atoms with E-state index in [1.807, 2.05) is 6.07 Å². The van der Waals surface area contributed by atoms with Crippen molar-refractivity contribution in [3.63, 3.8) is 0 Å². The van der Waals surface area contributed by atoms with Crippen LogP contribution in [0.2, 0.25) is 0 Å². The molecule has 0 amide bonds. The smallest absolute Gasteiger partial charge is 0.192 e. The maximum Gasteiger partial charge on any atom is 0.192 e. The van der Waals surface area contributed by atoms with E-state index in [-0.39, 0.29) is 0 Å². The van der Waals surface area contributed by atoms with Gasteiger partial charge in [-0.2, -0.15) is 0 Å². The Bertz CT molecular complexity index is 368. The van der Waals surface area contributed by atoms with E-state index in [2.05, 4.69) is 53.7 Å². The lowest BCUT2D eigenvalue weighted by Gasteiger charge is -2.18. The highest BCUT2D eigenvalue weighted by Crippen LogP contribution is 2.16. The molecule has 1 atom stereocenters. The van der Waals surface area contributed by atoms with Gasteiger partial charge in [0.15, 0.2) is 5.96 Å². The summed E-state index contributed by atoms with van der Waals surface area (Å²) in [4.78, 5) is 4.52. The summed E-state index contributed by atoms with van der Waals surface area (Å²) in [5, 5.41) is 6.90. The molecule has 3 heteroatoms. The fraction of sp³-hybridized carbons (Fsp3) is 0.500. The van der Waals surface area contributed by atoms with E-state index in [1.165, 1.54) is 5.56 Å². The first-order valence-corrected chi connectivity index (χ1v) is 6.46. The Hall–Kier alpha value is -1.51. The quantitative estimate of drug-likeness (QED) is 0.835. The topological polar surface area (TPSA) is 36.4 Å². The van der Waals surface area contributed by atoms with E-state index in [4.69, 9.17) is 0 Å². The number of benzene rings is 1. The molecule has 92 valence electrons. The minimum absolute atomic E-state index is 0.327. The highest BCUT2D eigenvalue weighted by molar-refractivity contribution is 5.82. The van der Waals surface area contributed by atoms with Gasteiger partial charge in [-0.1, -0.05) is 44.2 Å². The van der Waals surface area contributed by atoms with Gasteiger partial charge < -0.3 is 10.6 Å². The number of guanidine groups is 1. The molecular weight excluding hydrogens is 210 g/mol. The summed E-state index contributed by atoms with van der Waals surface area (Å²) in [5.41, 5.74) is 1.30. The lowest BCUT2D eigenvalue weighted by molar-refractivity contribution is 0.559. The van der Waals surface area contributed by atoms with Gasteiger partial charge in [-0.3, -0.25) is 4.99 Å². The summed E-state index contributed by atoms with van der Waals surface area (Å²) in [5.74, 6) is 0.951. The third-order valence-corrected chi connectivity index (χ3v) is 3.27. The van der Waals surface area contributed by atoms with Crippen LogP contribution in [0.3, 0.4) is 0 Å². The molecule has 0 spiro atoms. The fourth-order valence-corrected chi connectivity index (χ4v) is 2.09. The standard InChI is InChI=1S/C14H21N3/c1-3-12(4-2)16-14-15-10-13(17-14)11-8-6-5-7-9-11/h5-9,12-13H,3-4,10H2,1-2H3,(H2,15,16,17). The number of aliphatic imine (C=N–C) groups is 1. The van der Waals surface area contributed by atoms with Crippen LogP contribution in [0.5, 0.6) is 0 Å². The highest BCUT2D eigenvalue weighted by atomic mass is 15.2. The zero-order valence-electron chi connectivity index (χ0n) is 10.6. The lowest BCUT2D eigenvalue weighted by atomic mass is 10.1. The van der Waals surface area contributed by atoms with Gasteiger partial charge in [-0.25, -0.2) is 0 Å².